The Kier molecular flexibility index (Phi) is 3.61. The number of nitrogens with two attached hydrogens (primary N) is 2. The van der Waals surface area contributed by atoms with E-state index in [0.29, 0.717) is 11.7 Å². The lowest BCUT2D eigenvalue weighted by molar-refractivity contribution is 0.362. The zero-order valence-corrected chi connectivity index (χ0v) is 13.2. The van der Waals surface area contributed by atoms with Gasteiger partial charge in [0.1, 0.15) is 0 Å². The quantitative estimate of drug-likeness (QED) is 0.818. The second-order valence-corrected chi connectivity index (χ2v) is 7.83. The van der Waals surface area contributed by atoms with E-state index >= 15 is 0 Å². The van der Waals surface area contributed by atoms with Crippen LogP contribution in [-0.2, 0) is 10.0 Å². The van der Waals surface area contributed by atoms with Crippen molar-refractivity contribution >= 4 is 21.4 Å². The van der Waals surface area contributed by atoms with Gasteiger partial charge in [0.05, 0.1) is 4.90 Å². The van der Waals surface area contributed by atoms with Crippen LogP contribution in [0.25, 0.3) is 0 Å². The summed E-state index contributed by atoms with van der Waals surface area (Å²) < 4.78 is 23.5. The number of primary sulfonamides is 1. The molecule has 0 bridgehead atoms. The third-order valence-corrected chi connectivity index (χ3v) is 6.00. The lowest BCUT2D eigenvalue weighted by Crippen LogP contribution is -2.43. The zero-order valence-electron chi connectivity index (χ0n) is 12.4. The molecule has 1 aliphatic carbocycles. The molecule has 1 aliphatic heterocycles. The molecule has 5 nitrogen and oxygen atoms in total. The smallest absolute Gasteiger partial charge is 0.238 e. The molecule has 0 aromatic heterocycles. The molecule has 4 N–H and O–H groups in total. The van der Waals surface area contributed by atoms with Crippen LogP contribution in [0.5, 0.6) is 0 Å². The molecule has 0 amide bonds. The summed E-state index contributed by atoms with van der Waals surface area (Å²) in [5.41, 5.74) is 8.04. The number of fused-ring (bicyclic) bond motifs is 1. The number of nitrogens with zero attached hydrogens (tertiary/aromatic N) is 1. The molecule has 1 heterocycles. The second-order valence-electron chi connectivity index (χ2n) is 6.30. The van der Waals surface area contributed by atoms with Crippen LogP contribution >= 0.6 is 0 Å². The zero-order chi connectivity index (χ0) is 15.2. The molecule has 1 saturated carbocycles. The summed E-state index contributed by atoms with van der Waals surface area (Å²) in [6.45, 7) is 2.79. The van der Waals surface area contributed by atoms with E-state index in [1.807, 2.05) is 13.0 Å². The van der Waals surface area contributed by atoms with Crippen LogP contribution in [0.3, 0.4) is 0 Å². The lowest BCUT2D eigenvalue weighted by atomic mass is 9.91. The van der Waals surface area contributed by atoms with Gasteiger partial charge in [-0.15, -0.1) is 0 Å². The molecular weight excluding hydrogens is 286 g/mol. The Balaban J connectivity index is 2.08. The highest BCUT2D eigenvalue weighted by molar-refractivity contribution is 7.89. The van der Waals surface area contributed by atoms with Crippen LogP contribution in [0, 0.1) is 12.8 Å². The Bertz CT molecular complexity index is 657. The van der Waals surface area contributed by atoms with E-state index in [4.69, 9.17) is 10.9 Å². The molecule has 1 aromatic carbocycles. The number of sulfonamides is 1. The standard InChI is InChI=1S/C15H23N3O2S/c1-10-14(8-12(16)9-15(10)21(17,19)20)18-7-3-5-11-4-2-6-13(11)18/h8-9,11,13H,2-7,16H2,1H3,(H2,17,19,20). The van der Waals surface area contributed by atoms with E-state index in [9.17, 15) is 8.42 Å². The maximum atomic E-state index is 11.8. The highest BCUT2D eigenvalue weighted by Gasteiger charge is 2.36. The highest BCUT2D eigenvalue weighted by Crippen LogP contribution is 2.41. The van der Waals surface area contributed by atoms with Gasteiger partial charge in [0.25, 0.3) is 0 Å². The molecule has 21 heavy (non-hydrogen) atoms. The van der Waals surface area contributed by atoms with E-state index in [2.05, 4.69) is 4.90 Å². The van der Waals surface area contributed by atoms with Gasteiger partial charge in [-0.1, -0.05) is 6.42 Å². The van der Waals surface area contributed by atoms with Crippen LogP contribution in [0.1, 0.15) is 37.7 Å². The maximum absolute atomic E-state index is 11.8. The molecule has 2 aliphatic rings. The van der Waals surface area contributed by atoms with Crippen LogP contribution in [0.4, 0.5) is 11.4 Å². The minimum Gasteiger partial charge on any atom is -0.399 e. The van der Waals surface area contributed by atoms with Gasteiger partial charge in [0.2, 0.25) is 10.0 Å². The lowest BCUT2D eigenvalue weighted by Gasteiger charge is -2.40. The summed E-state index contributed by atoms with van der Waals surface area (Å²) in [5.74, 6) is 0.734. The topological polar surface area (TPSA) is 89.4 Å². The normalized spacial score (nSPS) is 25.9. The average Bonchev–Trinajstić information content (AvgIpc) is 2.88. The Morgan fingerprint density at radius 3 is 2.62 bits per heavy atom. The Labute approximate surface area is 126 Å². The van der Waals surface area contributed by atoms with Crippen molar-refractivity contribution in [2.24, 2.45) is 11.1 Å². The fourth-order valence-corrected chi connectivity index (χ4v) is 4.87. The molecule has 0 radical (unpaired) electrons. The van der Waals surface area contributed by atoms with Gasteiger partial charge in [-0.2, -0.15) is 0 Å². The molecule has 1 aromatic rings. The summed E-state index contributed by atoms with van der Waals surface area (Å²) >= 11 is 0. The molecule has 116 valence electrons. The first-order valence-electron chi connectivity index (χ1n) is 7.57. The van der Waals surface area contributed by atoms with Crippen molar-refractivity contribution < 1.29 is 8.42 Å². The number of hydrogen-bond acceptors (Lipinski definition) is 4. The van der Waals surface area contributed by atoms with Crippen LogP contribution in [0.15, 0.2) is 17.0 Å². The summed E-state index contributed by atoms with van der Waals surface area (Å²) in [6, 6.07) is 3.88. The van der Waals surface area contributed by atoms with Gasteiger partial charge < -0.3 is 10.6 Å². The first-order chi connectivity index (χ1) is 9.88. The van der Waals surface area contributed by atoms with E-state index in [-0.39, 0.29) is 4.90 Å². The van der Waals surface area contributed by atoms with Crippen molar-refractivity contribution in [2.75, 3.05) is 17.2 Å². The van der Waals surface area contributed by atoms with Crippen molar-refractivity contribution in [2.45, 2.75) is 50.0 Å². The van der Waals surface area contributed by atoms with Crippen molar-refractivity contribution in [1.29, 1.82) is 0 Å². The molecule has 2 unspecified atom stereocenters. The van der Waals surface area contributed by atoms with Crippen molar-refractivity contribution in [1.82, 2.24) is 0 Å². The van der Waals surface area contributed by atoms with Gasteiger partial charge in [0, 0.05) is 24.0 Å². The summed E-state index contributed by atoms with van der Waals surface area (Å²) in [6.07, 6.45) is 6.16. The van der Waals surface area contributed by atoms with Gasteiger partial charge in [-0.25, -0.2) is 13.6 Å². The predicted molar refractivity (Wildman–Crippen MR) is 84.7 cm³/mol. The molecule has 2 atom stereocenters. The second kappa shape index (κ2) is 5.18. The SMILES string of the molecule is Cc1c(N2CCCC3CCCC32)cc(N)cc1S(N)(=O)=O. The number of anilines is 2. The fourth-order valence-electron chi connectivity index (χ4n) is 4.04. The maximum Gasteiger partial charge on any atom is 0.238 e. The Hall–Kier alpha value is -1.27. The van der Waals surface area contributed by atoms with Crippen LogP contribution in [0.2, 0.25) is 0 Å². The first-order valence-corrected chi connectivity index (χ1v) is 9.12. The van der Waals surface area contributed by atoms with Gasteiger partial charge >= 0.3 is 0 Å². The minimum atomic E-state index is -3.75. The summed E-state index contributed by atoms with van der Waals surface area (Å²) in [7, 11) is -3.75. The number of hydrogen-bond donors (Lipinski definition) is 2. The molecule has 2 fully saturated rings. The first kappa shape index (κ1) is 14.7. The van der Waals surface area contributed by atoms with E-state index in [1.54, 1.807) is 0 Å². The molecule has 3 rings (SSSR count). The molecule has 6 heteroatoms. The molecule has 0 spiro atoms. The third-order valence-electron chi connectivity index (χ3n) is 4.96. The van der Waals surface area contributed by atoms with E-state index < -0.39 is 10.0 Å². The van der Waals surface area contributed by atoms with Gasteiger partial charge in [-0.3, -0.25) is 0 Å². The summed E-state index contributed by atoms with van der Waals surface area (Å²) in [4.78, 5) is 2.51. The fraction of sp³-hybridized carbons (Fsp3) is 0.600. The highest BCUT2D eigenvalue weighted by atomic mass is 32.2. The van der Waals surface area contributed by atoms with Gasteiger partial charge in [0.15, 0.2) is 0 Å². The Morgan fingerprint density at radius 1 is 1.19 bits per heavy atom. The van der Waals surface area contributed by atoms with E-state index in [0.717, 1.165) is 30.1 Å². The predicted octanol–water partition coefficient (Wildman–Crippen LogP) is 1.99. The minimum absolute atomic E-state index is 0.151. The Morgan fingerprint density at radius 2 is 1.90 bits per heavy atom. The number of rotatable bonds is 2. The van der Waals surface area contributed by atoms with Crippen molar-refractivity contribution in [3.05, 3.63) is 17.7 Å². The molecular formula is C15H23N3O2S. The number of piperidine rings is 1. The van der Waals surface area contributed by atoms with Crippen molar-refractivity contribution in [3.8, 4) is 0 Å². The van der Waals surface area contributed by atoms with Crippen LogP contribution < -0.4 is 15.8 Å². The van der Waals surface area contributed by atoms with Crippen LogP contribution in [-0.4, -0.2) is 21.0 Å². The third kappa shape index (κ3) is 2.62. The largest absolute Gasteiger partial charge is 0.399 e. The average molecular weight is 309 g/mol. The molecule has 1 saturated heterocycles. The number of benzene rings is 1. The number of nitrogen functional groups attached to an aromatic ring is 1. The van der Waals surface area contributed by atoms with Gasteiger partial charge in [-0.05, 0) is 56.2 Å². The monoisotopic (exact) mass is 309 g/mol. The summed E-state index contributed by atoms with van der Waals surface area (Å²) in [5, 5.41) is 5.33. The van der Waals surface area contributed by atoms with E-state index in [1.165, 1.54) is 31.7 Å². The van der Waals surface area contributed by atoms with Crippen molar-refractivity contribution in [3.63, 3.8) is 0 Å².